The highest BCUT2D eigenvalue weighted by molar-refractivity contribution is 7.90. The average molecular weight is 436 g/mol. The van der Waals surface area contributed by atoms with Crippen LogP contribution < -0.4 is 31.9 Å². The molecule has 0 unspecified atom stereocenters. The monoisotopic (exact) mass is 436 g/mol. The van der Waals surface area contributed by atoms with E-state index in [1.807, 2.05) is 9.44 Å². The number of sulfonamides is 2. The maximum absolute atomic E-state index is 12.2. The van der Waals surface area contributed by atoms with E-state index in [1.165, 1.54) is 13.8 Å². The van der Waals surface area contributed by atoms with Gasteiger partial charge < -0.3 is 9.97 Å². The maximum atomic E-state index is 12.2. The third kappa shape index (κ3) is 4.53. The Morgan fingerprint density at radius 2 is 0.964 bits per heavy atom. The van der Waals surface area contributed by atoms with Gasteiger partial charge in [0, 0.05) is 24.5 Å². The first kappa shape index (κ1) is 21.5. The Labute approximate surface area is 156 Å². The molecule has 0 amide bonds. The number of aromatic amines is 4. The van der Waals surface area contributed by atoms with Crippen LogP contribution >= 0.6 is 0 Å². The number of hydrogen-bond donors (Lipinski definition) is 6. The van der Waals surface area contributed by atoms with Crippen molar-refractivity contribution in [2.24, 2.45) is 0 Å². The fourth-order valence-electron chi connectivity index (χ4n) is 2.34. The van der Waals surface area contributed by atoms with Crippen LogP contribution in [0.3, 0.4) is 0 Å². The average Bonchev–Trinajstić information content (AvgIpc) is 2.48. The standard InChI is InChI=1S/C12H16N6O8S2/c1-5-7(9(19)17-11(21)15-5)27(23,24)13-3-4-14-28(25,26)8-6(2)16-12(22)18-10(8)20/h13-14H,3-4H2,1-2H3,(H2,15,17,19,21)(H2,16,18,20,22). The molecule has 28 heavy (non-hydrogen) atoms. The molecule has 14 nitrogen and oxygen atoms in total. The predicted octanol–water partition coefficient (Wildman–Crippen LogP) is -3.69. The number of H-pyrrole nitrogens is 4. The fourth-order valence-corrected chi connectivity index (χ4v) is 4.87. The molecular weight excluding hydrogens is 420 g/mol. The van der Waals surface area contributed by atoms with E-state index in [9.17, 15) is 36.0 Å². The summed E-state index contributed by atoms with van der Waals surface area (Å²) in [7, 11) is -8.71. The lowest BCUT2D eigenvalue weighted by Gasteiger charge is -2.10. The van der Waals surface area contributed by atoms with E-state index < -0.39 is 65.4 Å². The van der Waals surface area contributed by atoms with Crippen molar-refractivity contribution in [1.29, 1.82) is 0 Å². The zero-order valence-corrected chi connectivity index (χ0v) is 16.1. The highest BCUT2D eigenvalue weighted by Gasteiger charge is 2.24. The topological polar surface area (TPSA) is 224 Å². The molecule has 0 radical (unpaired) electrons. The van der Waals surface area contributed by atoms with Gasteiger partial charge in [0.1, 0.15) is 0 Å². The largest absolute Gasteiger partial charge is 0.325 e. The van der Waals surface area contributed by atoms with Crippen molar-refractivity contribution < 1.29 is 16.8 Å². The van der Waals surface area contributed by atoms with Crippen molar-refractivity contribution in [3.63, 3.8) is 0 Å². The third-order valence-corrected chi connectivity index (χ3v) is 6.62. The van der Waals surface area contributed by atoms with Crippen LogP contribution in [0.15, 0.2) is 29.0 Å². The van der Waals surface area contributed by atoms with Gasteiger partial charge in [-0.3, -0.25) is 19.6 Å². The van der Waals surface area contributed by atoms with Crippen molar-refractivity contribution in [2.75, 3.05) is 13.1 Å². The van der Waals surface area contributed by atoms with Gasteiger partial charge in [0.15, 0.2) is 9.79 Å². The van der Waals surface area contributed by atoms with E-state index >= 15 is 0 Å². The zero-order chi connectivity index (χ0) is 21.3. The molecule has 0 atom stereocenters. The second-order valence-corrected chi connectivity index (χ2v) is 8.93. The quantitative estimate of drug-likeness (QED) is 0.236. The van der Waals surface area contributed by atoms with E-state index in [4.69, 9.17) is 0 Å². The van der Waals surface area contributed by atoms with E-state index in [2.05, 4.69) is 9.97 Å². The van der Waals surface area contributed by atoms with Gasteiger partial charge in [0.05, 0.1) is 0 Å². The SMILES string of the molecule is Cc1[nH]c(=O)[nH]c(=O)c1S(=O)(=O)NCCNS(=O)(=O)c1c(C)[nH]c(=O)[nH]c1=O. The minimum Gasteiger partial charge on any atom is -0.310 e. The summed E-state index contributed by atoms with van der Waals surface area (Å²) in [6.45, 7) is 1.47. The molecule has 0 fully saturated rings. The van der Waals surface area contributed by atoms with Gasteiger partial charge in [-0.25, -0.2) is 35.9 Å². The van der Waals surface area contributed by atoms with Crippen LogP contribution in [-0.2, 0) is 20.0 Å². The molecule has 0 aliphatic rings. The number of nitrogens with one attached hydrogen (secondary N) is 6. The first-order valence-electron chi connectivity index (χ1n) is 7.51. The van der Waals surface area contributed by atoms with E-state index in [0.717, 1.165) is 0 Å². The minimum absolute atomic E-state index is 0.197. The summed E-state index contributed by atoms with van der Waals surface area (Å²) in [4.78, 5) is 52.0. The second kappa shape index (κ2) is 7.66. The molecule has 0 aromatic carbocycles. The van der Waals surface area contributed by atoms with Gasteiger partial charge in [-0.15, -0.1) is 0 Å². The molecule has 2 rings (SSSR count). The summed E-state index contributed by atoms with van der Waals surface area (Å²) in [5, 5.41) is 0. The van der Waals surface area contributed by atoms with Crippen LogP contribution in [0.4, 0.5) is 0 Å². The van der Waals surface area contributed by atoms with Gasteiger partial charge in [0.2, 0.25) is 20.0 Å². The van der Waals surface area contributed by atoms with Crippen LogP contribution in [0.2, 0.25) is 0 Å². The van der Waals surface area contributed by atoms with Gasteiger partial charge in [0.25, 0.3) is 11.1 Å². The van der Waals surface area contributed by atoms with E-state index in [1.54, 1.807) is 9.97 Å². The summed E-state index contributed by atoms with van der Waals surface area (Å²) in [6.07, 6.45) is 0. The Hall–Kier alpha value is -2.82. The van der Waals surface area contributed by atoms with Crippen LogP contribution in [0.5, 0.6) is 0 Å². The molecule has 2 aromatic heterocycles. The Morgan fingerprint density at radius 1 is 0.643 bits per heavy atom. The lowest BCUT2D eigenvalue weighted by Crippen LogP contribution is -2.40. The lowest BCUT2D eigenvalue weighted by atomic mass is 10.4. The lowest BCUT2D eigenvalue weighted by molar-refractivity contribution is 0.567. The minimum atomic E-state index is -4.36. The smallest absolute Gasteiger partial charge is 0.310 e. The molecule has 0 spiro atoms. The first-order chi connectivity index (χ1) is 12.8. The highest BCUT2D eigenvalue weighted by Crippen LogP contribution is 2.05. The summed E-state index contributed by atoms with van der Waals surface area (Å²) in [5.74, 6) is 0. The summed E-state index contributed by atoms with van der Waals surface area (Å²) in [6, 6.07) is 0. The molecule has 6 N–H and O–H groups in total. The maximum Gasteiger partial charge on any atom is 0.325 e. The van der Waals surface area contributed by atoms with Gasteiger partial charge in [-0.2, -0.15) is 0 Å². The van der Waals surface area contributed by atoms with Crippen LogP contribution in [0.1, 0.15) is 11.4 Å². The van der Waals surface area contributed by atoms with Gasteiger partial charge in [-0.05, 0) is 13.8 Å². The third-order valence-electron chi connectivity index (χ3n) is 3.40. The fraction of sp³-hybridized carbons (Fsp3) is 0.333. The Kier molecular flexibility index (Phi) is 5.88. The molecule has 0 aliphatic heterocycles. The second-order valence-electron chi connectivity index (χ2n) is 5.52. The van der Waals surface area contributed by atoms with E-state index in [0.29, 0.717) is 0 Å². The number of hydrogen-bond acceptors (Lipinski definition) is 8. The molecule has 154 valence electrons. The van der Waals surface area contributed by atoms with Gasteiger partial charge >= 0.3 is 11.4 Å². The summed E-state index contributed by atoms with van der Waals surface area (Å²) in [5.41, 5.74) is -4.42. The van der Waals surface area contributed by atoms with Crippen molar-refractivity contribution in [1.82, 2.24) is 29.4 Å². The van der Waals surface area contributed by atoms with Crippen molar-refractivity contribution in [3.05, 3.63) is 53.1 Å². The summed E-state index contributed by atoms with van der Waals surface area (Å²) >= 11 is 0. The van der Waals surface area contributed by atoms with Crippen molar-refractivity contribution in [2.45, 2.75) is 23.6 Å². The highest BCUT2D eigenvalue weighted by atomic mass is 32.2. The first-order valence-corrected chi connectivity index (χ1v) is 10.5. The van der Waals surface area contributed by atoms with Crippen LogP contribution in [0, 0.1) is 13.8 Å². The Bertz CT molecular complexity index is 1240. The normalized spacial score (nSPS) is 12.2. The summed E-state index contributed by atoms with van der Waals surface area (Å²) < 4.78 is 52.8. The molecule has 0 aliphatic carbocycles. The molecule has 2 aromatic rings. The molecular formula is C12H16N6O8S2. The number of rotatable bonds is 7. The number of aryl methyl sites for hydroxylation is 2. The van der Waals surface area contributed by atoms with Crippen LogP contribution in [-0.4, -0.2) is 49.9 Å². The molecule has 0 bridgehead atoms. The van der Waals surface area contributed by atoms with E-state index in [-0.39, 0.29) is 11.4 Å². The van der Waals surface area contributed by atoms with Crippen molar-refractivity contribution in [3.8, 4) is 0 Å². The number of aromatic nitrogens is 4. The predicted molar refractivity (Wildman–Crippen MR) is 95.2 cm³/mol. The van der Waals surface area contributed by atoms with Crippen molar-refractivity contribution >= 4 is 20.0 Å². The molecule has 16 heteroatoms. The Balaban J connectivity index is 2.15. The molecule has 2 heterocycles. The zero-order valence-electron chi connectivity index (χ0n) is 14.5. The Morgan fingerprint density at radius 3 is 1.25 bits per heavy atom. The molecule has 0 saturated heterocycles. The molecule has 0 saturated carbocycles. The van der Waals surface area contributed by atoms with Gasteiger partial charge in [-0.1, -0.05) is 0 Å². The van der Waals surface area contributed by atoms with Crippen LogP contribution in [0.25, 0.3) is 0 Å².